The van der Waals surface area contributed by atoms with Crippen LogP contribution in [0.1, 0.15) is 83.7 Å². The van der Waals surface area contributed by atoms with Crippen molar-refractivity contribution in [2.75, 3.05) is 0 Å². The highest BCUT2D eigenvalue weighted by Gasteiger charge is 2.58. The summed E-state index contributed by atoms with van der Waals surface area (Å²) in [6.45, 7) is 15.8. The fourth-order valence-corrected chi connectivity index (χ4v) is 18.0. The summed E-state index contributed by atoms with van der Waals surface area (Å²) in [4.78, 5) is 14.1. The molecule has 1 heterocycles. The van der Waals surface area contributed by atoms with E-state index in [-0.39, 0.29) is 10.1 Å². The summed E-state index contributed by atoms with van der Waals surface area (Å²) >= 11 is 0. The predicted molar refractivity (Wildman–Crippen MR) is 235 cm³/mol. The van der Waals surface area contributed by atoms with E-state index in [1.807, 2.05) is 25.1 Å². The highest BCUT2D eigenvalue weighted by molar-refractivity contribution is 7.00. The number of hydrogen-bond donors (Lipinski definition) is 0. The average Bonchev–Trinajstić information content (AvgIpc) is 4.04. The second-order valence-electron chi connectivity index (χ2n) is 17.6. The van der Waals surface area contributed by atoms with E-state index in [1.54, 1.807) is 6.07 Å². The van der Waals surface area contributed by atoms with Gasteiger partial charge in [0.2, 0.25) is 6.29 Å². The molecule has 2 aliphatic rings. The van der Waals surface area contributed by atoms with Gasteiger partial charge in [0.1, 0.15) is 0 Å². The fraction of sp³-hybridized carbons (Fsp3) is 0.340. The van der Waals surface area contributed by atoms with Crippen molar-refractivity contribution in [2.24, 2.45) is 5.92 Å². The van der Waals surface area contributed by atoms with Crippen molar-refractivity contribution in [3.63, 3.8) is 0 Å². The van der Waals surface area contributed by atoms with Crippen LogP contribution < -0.4 is 20.7 Å². The summed E-state index contributed by atoms with van der Waals surface area (Å²) in [6.07, 6.45) is 0.118. The molecule has 0 aromatic heterocycles. The molecule has 0 radical (unpaired) electrons. The number of benzene rings is 5. The number of carbonyl (C=O) groups is 1. The molecule has 5 nitrogen and oxygen atoms in total. The first kappa shape index (κ1) is 40.6. The van der Waals surface area contributed by atoms with Gasteiger partial charge >= 0.3 is 5.97 Å². The van der Waals surface area contributed by atoms with Gasteiger partial charge in [0.25, 0.3) is 16.6 Å². The second kappa shape index (κ2) is 16.7. The molecule has 0 N–H and O–H groups in total. The molecule has 1 aliphatic carbocycles. The molecule has 0 amide bonds. The molecule has 57 heavy (non-hydrogen) atoms. The molecule has 7 heteroatoms. The number of ether oxygens (including phenoxy) is 2. The maximum atomic E-state index is 14.1. The van der Waals surface area contributed by atoms with Gasteiger partial charge in [-0.25, -0.2) is 4.79 Å². The Morgan fingerprint density at radius 3 is 1.47 bits per heavy atom. The highest BCUT2D eigenvalue weighted by Crippen LogP contribution is 2.43. The zero-order valence-electron chi connectivity index (χ0n) is 34.4. The van der Waals surface area contributed by atoms with Crippen molar-refractivity contribution in [2.45, 2.75) is 102 Å². The van der Waals surface area contributed by atoms with Crippen LogP contribution >= 0.6 is 0 Å². The standard InChI is InChI=1S/C50H56O5Si2/c1-37-47(55-57(50(5,6)7,42-27-16-10-17-28-42)43-29-18-11-19-30-43)45(36-46(52-37)53-48(51)44-31-21-20-22-39(44)35-34-38-32-33-38)54-56(49(2,3)4,40-23-12-8-13-24-40)41-25-14-9-15-26-41/h8-31,37-38,45-47H,32-33,36H2,1-7H3/t37?,45-,46+,47-/m1/s1. The van der Waals surface area contributed by atoms with Crippen LogP contribution in [0.2, 0.25) is 10.1 Å². The van der Waals surface area contributed by atoms with Crippen LogP contribution in [0, 0.1) is 17.8 Å². The van der Waals surface area contributed by atoms with Crippen molar-refractivity contribution in [1.29, 1.82) is 0 Å². The second-order valence-corrected chi connectivity index (χ2v) is 26.1. The van der Waals surface area contributed by atoms with Gasteiger partial charge in [-0.2, -0.15) is 0 Å². The van der Waals surface area contributed by atoms with Crippen molar-refractivity contribution in [3.8, 4) is 11.8 Å². The third kappa shape index (κ3) is 8.39. The van der Waals surface area contributed by atoms with Gasteiger partial charge < -0.3 is 18.3 Å². The molecule has 4 atom stereocenters. The van der Waals surface area contributed by atoms with E-state index in [0.717, 1.165) is 12.8 Å². The Kier molecular flexibility index (Phi) is 11.9. The first-order valence-electron chi connectivity index (χ1n) is 20.4. The van der Waals surface area contributed by atoms with Crippen molar-refractivity contribution in [1.82, 2.24) is 0 Å². The van der Waals surface area contributed by atoms with Gasteiger partial charge in [0.05, 0.1) is 23.9 Å². The van der Waals surface area contributed by atoms with E-state index in [1.165, 1.54) is 20.7 Å². The number of carbonyl (C=O) groups excluding carboxylic acids is 1. The zero-order valence-corrected chi connectivity index (χ0v) is 36.4. The number of hydrogen-bond acceptors (Lipinski definition) is 5. The van der Waals surface area contributed by atoms with E-state index < -0.39 is 47.2 Å². The summed E-state index contributed by atoms with van der Waals surface area (Å²) < 4.78 is 29.0. The van der Waals surface area contributed by atoms with Gasteiger partial charge in [0.15, 0.2) is 0 Å². The maximum absolute atomic E-state index is 14.1. The van der Waals surface area contributed by atoms with Crippen LogP contribution in [-0.4, -0.2) is 47.2 Å². The molecule has 294 valence electrons. The molecule has 1 unspecified atom stereocenters. The van der Waals surface area contributed by atoms with Gasteiger partial charge in [-0.05, 0) is 62.7 Å². The molecule has 0 spiro atoms. The molecule has 0 bridgehead atoms. The molecule has 5 aromatic rings. The fourth-order valence-electron chi connectivity index (χ4n) is 8.54. The van der Waals surface area contributed by atoms with Crippen molar-refractivity contribution in [3.05, 3.63) is 157 Å². The Hall–Kier alpha value is -4.56. The molecule has 5 aromatic carbocycles. The molecule has 1 saturated heterocycles. The predicted octanol–water partition coefficient (Wildman–Crippen LogP) is 8.63. The van der Waals surface area contributed by atoms with Gasteiger partial charge in [-0.15, -0.1) is 0 Å². The lowest BCUT2D eigenvalue weighted by atomic mass is 10.0. The van der Waals surface area contributed by atoms with Gasteiger partial charge in [-0.3, -0.25) is 0 Å². The Balaban J connectivity index is 1.36. The zero-order chi connectivity index (χ0) is 40.3. The Morgan fingerprint density at radius 2 is 1.04 bits per heavy atom. The highest BCUT2D eigenvalue weighted by atomic mass is 28.4. The monoisotopic (exact) mass is 792 g/mol. The van der Waals surface area contributed by atoms with E-state index >= 15 is 0 Å². The van der Waals surface area contributed by atoms with Gasteiger partial charge in [-0.1, -0.05) is 187 Å². The van der Waals surface area contributed by atoms with Crippen molar-refractivity contribution >= 4 is 43.4 Å². The van der Waals surface area contributed by atoms with E-state index in [4.69, 9.17) is 18.3 Å². The summed E-state index contributed by atoms with van der Waals surface area (Å²) in [5.74, 6) is 6.50. The van der Waals surface area contributed by atoms with Crippen LogP contribution in [-0.2, 0) is 18.3 Å². The minimum atomic E-state index is -3.12. The molecule has 1 saturated carbocycles. The topological polar surface area (TPSA) is 54.0 Å². The number of esters is 1. The third-order valence-corrected chi connectivity index (χ3v) is 21.6. The van der Waals surface area contributed by atoms with Crippen LogP contribution in [0.3, 0.4) is 0 Å². The summed E-state index contributed by atoms with van der Waals surface area (Å²) in [5, 5.41) is 4.11. The van der Waals surface area contributed by atoms with Gasteiger partial charge in [0, 0.05) is 17.9 Å². The Bertz CT molecular complexity index is 2090. The molecular weight excluding hydrogens is 737 g/mol. The first-order valence-corrected chi connectivity index (χ1v) is 24.2. The minimum Gasteiger partial charge on any atom is -0.432 e. The van der Waals surface area contributed by atoms with Crippen LogP contribution in [0.4, 0.5) is 0 Å². The Labute approximate surface area is 342 Å². The van der Waals surface area contributed by atoms with E-state index in [2.05, 4.69) is 175 Å². The molecular formula is C50H56O5Si2. The molecule has 2 fully saturated rings. The summed E-state index contributed by atoms with van der Waals surface area (Å²) in [5.41, 5.74) is 1.11. The van der Waals surface area contributed by atoms with Crippen LogP contribution in [0.15, 0.2) is 146 Å². The lowest BCUT2D eigenvalue weighted by Crippen LogP contribution is -2.73. The largest absolute Gasteiger partial charge is 0.432 e. The summed E-state index contributed by atoms with van der Waals surface area (Å²) in [6, 6.07) is 50.2. The van der Waals surface area contributed by atoms with E-state index in [0.29, 0.717) is 23.5 Å². The molecule has 7 rings (SSSR count). The SMILES string of the molecule is CC1O[C@@H](OC(=O)c2ccccc2C#CC2CC2)C[C@@H](O[Si](c2ccccc2)(c2ccccc2)C(C)(C)C)[C@@H]1O[Si](c1ccccc1)(c1ccccc1)C(C)(C)C. The normalized spacial score (nSPS) is 20.3. The lowest BCUT2D eigenvalue weighted by molar-refractivity contribution is -0.219. The average molecular weight is 793 g/mol. The van der Waals surface area contributed by atoms with Crippen molar-refractivity contribution < 1.29 is 23.1 Å². The van der Waals surface area contributed by atoms with Crippen LogP contribution in [0.5, 0.6) is 0 Å². The minimum absolute atomic E-state index is 0.286. The third-order valence-electron chi connectivity index (χ3n) is 11.5. The first-order chi connectivity index (χ1) is 27.3. The smallest absolute Gasteiger partial charge is 0.341 e. The number of rotatable bonds is 10. The van der Waals surface area contributed by atoms with E-state index in [9.17, 15) is 4.79 Å². The Morgan fingerprint density at radius 1 is 0.614 bits per heavy atom. The van der Waals surface area contributed by atoms with Crippen LogP contribution in [0.25, 0.3) is 0 Å². The lowest BCUT2D eigenvalue weighted by Gasteiger charge is -2.52. The maximum Gasteiger partial charge on any atom is 0.341 e. The quantitative estimate of drug-likeness (QED) is 0.0806. The summed E-state index contributed by atoms with van der Waals surface area (Å²) in [7, 11) is -6.22. The molecule has 1 aliphatic heterocycles.